The highest BCUT2D eigenvalue weighted by atomic mass is 16.6. The number of carbonyl (C=O) groups is 2. The lowest BCUT2D eigenvalue weighted by atomic mass is 10.1. The van der Waals surface area contributed by atoms with Crippen LogP contribution in [0.5, 0.6) is 0 Å². The largest absolute Gasteiger partial charge is 0.444 e. The summed E-state index contributed by atoms with van der Waals surface area (Å²) >= 11 is 0. The van der Waals surface area contributed by atoms with Crippen molar-refractivity contribution in [2.75, 3.05) is 13.1 Å². The average Bonchev–Trinajstić information content (AvgIpc) is 2.89. The van der Waals surface area contributed by atoms with Crippen LogP contribution in [-0.4, -0.2) is 40.5 Å². The smallest absolute Gasteiger partial charge is 0.410 e. The van der Waals surface area contributed by atoms with Crippen LogP contribution < -0.4 is 0 Å². The molecular formula is C17H22N2O3. The molecule has 3 atom stereocenters. The van der Waals surface area contributed by atoms with E-state index in [1.54, 1.807) is 11.1 Å². The van der Waals surface area contributed by atoms with Crippen LogP contribution in [-0.2, 0) is 4.74 Å². The number of piperidine rings is 1. The van der Waals surface area contributed by atoms with E-state index in [0.717, 1.165) is 5.56 Å². The normalized spacial score (nSPS) is 26.5. The molecule has 0 radical (unpaired) electrons. The monoisotopic (exact) mass is 302 g/mol. The molecule has 118 valence electrons. The average molecular weight is 302 g/mol. The number of rotatable bonds is 2. The van der Waals surface area contributed by atoms with E-state index in [1.165, 1.54) is 0 Å². The van der Waals surface area contributed by atoms with Crippen LogP contribution in [0.4, 0.5) is 4.79 Å². The zero-order valence-electron chi connectivity index (χ0n) is 13.5. The Labute approximate surface area is 130 Å². The van der Waals surface area contributed by atoms with E-state index in [1.807, 2.05) is 39.8 Å². The van der Waals surface area contributed by atoms with Crippen molar-refractivity contribution in [1.82, 2.24) is 9.88 Å². The van der Waals surface area contributed by atoms with Gasteiger partial charge in [-0.25, -0.2) is 4.79 Å². The van der Waals surface area contributed by atoms with E-state index in [0.29, 0.717) is 18.8 Å². The van der Waals surface area contributed by atoms with Crippen LogP contribution in [0.15, 0.2) is 18.3 Å². The maximum absolute atomic E-state index is 12.5. The maximum atomic E-state index is 12.5. The van der Waals surface area contributed by atoms with Crippen molar-refractivity contribution < 1.29 is 14.3 Å². The molecule has 1 aromatic heterocycles. The zero-order chi connectivity index (χ0) is 16.1. The topological polar surface area (TPSA) is 59.5 Å². The fourth-order valence-corrected chi connectivity index (χ4v) is 3.23. The van der Waals surface area contributed by atoms with Gasteiger partial charge in [-0.05, 0) is 57.2 Å². The van der Waals surface area contributed by atoms with Gasteiger partial charge in [0.1, 0.15) is 11.3 Å². The third kappa shape index (κ3) is 2.85. The van der Waals surface area contributed by atoms with Gasteiger partial charge in [-0.1, -0.05) is 0 Å². The minimum absolute atomic E-state index is 0.0213. The van der Waals surface area contributed by atoms with Gasteiger partial charge in [0.05, 0.1) is 0 Å². The van der Waals surface area contributed by atoms with Gasteiger partial charge in [0.2, 0.25) is 0 Å². The molecule has 2 heterocycles. The molecule has 3 rings (SSSR count). The molecule has 0 aromatic carbocycles. The molecule has 2 fully saturated rings. The number of Topliss-reactive ketones (excluding diaryl/α,β-unsaturated/α-hetero) is 1. The van der Waals surface area contributed by atoms with E-state index in [-0.39, 0.29) is 29.6 Å². The predicted molar refractivity (Wildman–Crippen MR) is 81.6 cm³/mol. The highest BCUT2D eigenvalue weighted by Crippen LogP contribution is 2.53. The molecule has 0 bridgehead atoms. The Morgan fingerprint density at radius 2 is 1.91 bits per heavy atom. The number of amides is 1. The minimum atomic E-state index is -0.482. The Morgan fingerprint density at radius 3 is 2.45 bits per heavy atom. The Hall–Kier alpha value is -1.91. The lowest BCUT2D eigenvalue weighted by molar-refractivity contribution is 0.0263. The van der Waals surface area contributed by atoms with Crippen LogP contribution >= 0.6 is 0 Å². The van der Waals surface area contributed by atoms with Gasteiger partial charge < -0.3 is 9.64 Å². The quantitative estimate of drug-likeness (QED) is 0.788. The van der Waals surface area contributed by atoms with E-state index in [9.17, 15) is 9.59 Å². The van der Waals surface area contributed by atoms with Crippen molar-refractivity contribution in [2.24, 2.45) is 17.8 Å². The molecule has 5 heteroatoms. The molecule has 22 heavy (non-hydrogen) atoms. The summed E-state index contributed by atoms with van der Waals surface area (Å²) in [6, 6.07) is 3.72. The van der Waals surface area contributed by atoms with Crippen LogP contribution in [0.2, 0.25) is 0 Å². The van der Waals surface area contributed by atoms with E-state index in [2.05, 4.69) is 4.98 Å². The molecule has 1 aromatic rings. The van der Waals surface area contributed by atoms with E-state index >= 15 is 0 Å². The number of aryl methyl sites for hydroxylation is 1. The van der Waals surface area contributed by atoms with Crippen LogP contribution in [0.25, 0.3) is 0 Å². The lowest BCUT2D eigenvalue weighted by Gasteiger charge is -2.25. The molecule has 0 spiro atoms. The molecule has 0 N–H and O–H groups in total. The Balaban J connectivity index is 1.59. The number of hydrogen-bond acceptors (Lipinski definition) is 4. The highest BCUT2D eigenvalue weighted by Gasteiger charge is 2.60. The summed E-state index contributed by atoms with van der Waals surface area (Å²) in [4.78, 5) is 30.4. The van der Waals surface area contributed by atoms with Crippen molar-refractivity contribution in [3.05, 3.63) is 29.6 Å². The third-order valence-electron chi connectivity index (χ3n) is 4.32. The number of likely N-dealkylation sites (tertiary alicyclic amines) is 1. The second-order valence-corrected chi connectivity index (χ2v) is 7.32. The molecule has 1 aliphatic heterocycles. The maximum Gasteiger partial charge on any atom is 0.410 e. The molecule has 1 aliphatic carbocycles. The first-order valence-electron chi connectivity index (χ1n) is 7.71. The summed E-state index contributed by atoms with van der Waals surface area (Å²) in [5.74, 6) is 0.667. The van der Waals surface area contributed by atoms with Crippen molar-refractivity contribution in [3.63, 3.8) is 0 Å². The van der Waals surface area contributed by atoms with Gasteiger partial charge in [-0.15, -0.1) is 0 Å². The molecule has 1 saturated heterocycles. The standard InChI is InChI=1S/C17H22N2O3/c1-10-5-6-18-13(7-10)15(20)14-11-8-19(9-12(11)14)16(21)22-17(2,3)4/h5-7,11-12,14H,8-9H2,1-4H3/t11-,12+,14?. The summed E-state index contributed by atoms with van der Waals surface area (Å²) in [6.45, 7) is 8.76. The third-order valence-corrected chi connectivity index (χ3v) is 4.32. The summed E-state index contributed by atoms with van der Waals surface area (Å²) in [5.41, 5.74) is 1.10. The van der Waals surface area contributed by atoms with Gasteiger partial charge in [-0.3, -0.25) is 9.78 Å². The molecule has 1 unspecified atom stereocenters. The SMILES string of the molecule is Cc1ccnc(C(=O)C2[C@H]3CN(C(=O)OC(C)(C)C)C[C@@H]23)c1. The summed E-state index contributed by atoms with van der Waals surface area (Å²) in [7, 11) is 0. The number of fused-ring (bicyclic) bond motifs is 1. The molecule has 2 aliphatic rings. The predicted octanol–water partition coefficient (Wildman–Crippen LogP) is 2.69. The first-order valence-corrected chi connectivity index (χ1v) is 7.71. The Kier molecular flexibility index (Phi) is 3.46. The van der Waals surface area contributed by atoms with Crippen molar-refractivity contribution in [1.29, 1.82) is 0 Å². The number of ketones is 1. The van der Waals surface area contributed by atoms with Gasteiger partial charge in [-0.2, -0.15) is 0 Å². The van der Waals surface area contributed by atoms with Crippen molar-refractivity contribution >= 4 is 11.9 Å². The van der Waals surface area contributed by atoms with E-state index < -0.39 is 5.60 Å². The zero-order valence-corrected chi connectivity index (χ0v) is 13.5. The number of nitrogens with zero attached hydrogens (tertiary/aromatic N) is 2. The number of ether oxygens (including phenoxy) is 1. The Bertz CT molecular complexity index is 609. The first kappa shape index (κ1) is 15.0. The lowest BCUT2D eigenvalue weighted by Crippen LogP contribution is -2.37. The van der Waals surface area contributed by atoms with Crippen LogP contribution in [0.1, 0.15) is 36.8 Å². The highest BCUT2D eigenvalue weighted by molar-refractivity contribution is 5.98. The molecule has 1 saturated carbocycles. The number of aromatic nitrogens is 1. The van der Waals surface area contributed by atoms with Crippen molar-refractivity contribution in [3.8, 4) is 0 Å². The fourth-order valence-electron chi connectivity index (χ4n) is 3.23. The summed E-state index contributed by atoms with van der Waals surface area (Å²) in [6.07, 6.45) is 1.40. The van der Waals surface area contributed by atoms with Gasteiger partial charge in [0.25, 0.3) is 0 Å². The second-order valence-electron chi connectivity index (χ2n) is 7.32. The van der Waals surface area contributed by atoms with Gasteiger partial charge >= 0.3 is 6.09 Å². The summed E-state index contributed by atoms with van der Waals surface area (Å²) < 4.78 is 5.38. The number of pyridine rings is 1. The van der Waals surface area contributed by atoms with Gasteiger partial charge in [0, 0.05) is 25.2 Å². The Morgan fingerprint density at radius 1 is 1.27 bits per heavy atom. The number of carbonyl (C=O) groups excluding carboxylic acids is 2. The number of hydrogen-bond donors (Lipinski definition) is 0. The second kappa shape index (κ2) is 5.07. The van der Waals surface area contributed by atoms with Gasteiger partial charge in [0.15, 0.2) is 5.78 Å². The van der Waals surface area contributed by atoms with E-state index in [4.69, 9.17) is 4.74 Å². The molecule has 1 amide bonds. The molecule has 5 nitrogen and oxygen atoms in total. The van der Waals surface area contributed by atoms with Crippen LogP contribution in [0, 0.1) is 24.7 Å². The molecular weight excluding hydrogens is 280 g/mol. The fraction of sp³-hybridized carbons (Fsp3) is 0.588. The minimum Gasteiger partial charge on any atom is -0.444 e. The van der Waals surface area contributed by atoms with Crippen molar-refractivity contribution in [2.45, 2.75) is 33.3 Å². The first-order chi connectivity index (χ1) is 10.3. The van der Waals surface area contributed by atoms with Crippen LogP contribution in [0.3, 0.4) is 0 Å². The summed E-state index contributed by atoms with van der Waals surface area (Å²) in [5, 5.41) is 0.